The normalized spacial score (nSPS) is 11.0. The number of nitro groups is 1. The van der Waals surface area contributed by atoms with Crippen LogP contribution in [-0.2, 0) is 11.3 Å². The maximum atomic E-state index is 10.6. The van der Waals surface area contributed by atoms with Crippen LogP contribution in [-0.4, -0.2) is 14.6 Å². The minimum absolute atomic E-state index is 0.00811. The number of ether oxygens (including phenoxy) is 2. The Kier molecular flexibility index (Phi) is 5.88. The van der Waals surface area contributed by atoms with E-state index in [-0.39, 0.29) is 12.3 Å². The zero-order valence-corrected chi connectivity index (χ0v) is 14.3. The topological polar surface area (TPSA) is 85.5 Å². The first-order valence-electron chi connectivity index (χ1n) is 6.55. The lowest BCUT2D eigenvalue weighted by atomic mass is 10.2. The van der Waals surface area contributed by atoms with E-state index in [0.29, 0.717) is 11.5 Å². The molecule has 0 atom stereocenters. The number of non-ortho nitro benzene ring substituents is 1. The number of rotatable bonds is 5. The first-order chi connectivity index (χ1) is 11.3. The number of nitrogens with zero attached hydrogens (tertiary/aromatic N) is 1. The highest BCUT2D eigenvalue weighted by atomic mass is 35.6. The van der Waals surface area contributed by atoms with E-state index in [1.165, 1.54) is 24.3 Å². The Morgan fingerprint density at radius 2 is 1.54 bits per heavy atom. The van der Waals surface area contributed by atoms with Crippen molar-refractivity contribution < 1.29 is 14.4 Å². The third-order valence-electron chi connectivity index (χ3n) is 2.85. The molecule has 2 aromatic carbocycles. The van der Waals surface area contributed by atoms with Crippen LogP contribution in [0.15, 0.2) is 48.5 Å². The lowest BCUT2D eigenvalue weighted by Gasteiger charge is -2.13. The molecule has 0 amide bonds. The van der Waals surface area contributed by atoms with Gasteiger partial charge in [-0.1, -0.05) is 46.9 Å². The fourth-order valence-corrected chi connectivity index (χ4v) is 1.83. The molecule has 0 aromatic heterocycles. The maximum Gasteiger partial charge on any atom is 0.269 e. The number of nitro benzene ring substituents is 1. The van der Waals surface area contributed by atoms with Crippen LogP contribution in [0.4, 0.5) is 5.69 Å². The lowest BCUT2D eigenvalue weighted by Crippen LogP contribution is -2.20. The molecule has 9 heteroatoms. The van der Waals surface area contributed by atoms with Gasteiger partial charge < -0.3 is 9.47 Å². The van der Waals surface area contributed by atoms with Crippen molar-refractivity contribution in [3.63, 3.8) is 0 Å². The van der Waals surface area contributed by atoms with Crippen LogP contribution >= 0.6 is 34.8 Å². The third kappa shape index (κ3) is 5.26. The Morgan fingerprint density at radius 1 is 1.04 bits per heavy atom. The molecular weight excluding hydrogens is 379 g/mol. The van der Waals surface area contributed by atoms with E-state index in [9.17, 15) is 10.1 Å². The van der Waals surface area contributed by atoms with Crippen molar-refractivity contribution in [1.82, 2.24) is 0 Å². The second-order valence-electron chi connectivity index (χ2n) is 4.61. The van der Waals surface area contributed by atoms with E-state index in [0.717, 1.165) is 5.56 Å². The van der Waals surface area contributed by atoms with Gasteiger partial charge in [-0.2, -0.15) is 0 Å². The van der Waals surface area contributed by atoms with Crippen LogP contribution in [0.5, 0.6) is 11.5 Å². The van der Waals surface area contributed by atoms with Crippen LogP contribution < -0.4 is 4.74 Å². The average Bonchev–Trinajstić information content (AvgIpc) is 2.53. The summed E-state index contributed by atoms with van der Waals surface area (Å²) in [5.41, 5.74) is 0.747. The standard InChI is InChI=1S/C15H11Cl3N2O4/c16-15(17,18)14(19)23-9-10-1-5-12(6-2-10)24-13-7-3-11(4-8-13)20(21)22/h1-8,19H,9H2. The molecule has 0 aliphatic carbocycles. The molecule has 0 heterocycles. The molecule has 0 saturated carbocycles. The van der Waals surface area contributed by atoms with E-state index in [1.54, 1.807) is 24.3 Å². The second-order valence-corrected chi connectivity index (χ2v) is 6.89. The molecule has 1 N–H and O–H groups in total. The van der Waals surface area contributed by atoms with Crippen molar-refractivity contribution in [2.75, 3.05) is 0 Å². The van der Waals surface area contributed by atoms with Gasteiger partial charge in [-0.05, 0) is 29.8 Å². The summed E-state index contributed by atoms with van der Waals surface area (Å²) >= 11 is 16.5. The fraction of sp³-hybridized carbons (Fsp3) is 0.133. The molecule has 0 radical (unpaired) electrons. The van der Waals surface area contributed by atoms with Crippen molar-refractivity contribution in [1.29, 1.82) is 5.41 Å². The Hall–Kier alpha value is -2.02. The van der Waals surface area contributed by atoms with E-state index in [1.807, 2.05) is 0 Å². The van der Waals surface area contributed by atoms with Gasteiger partial charge in [-0.3, -0.25) is 15.5 Å². The van der Waals surface area contributed by atoms with Crippen molar-refractivity contribution in [2.45, 2.75) is 10.4 Å². The number of benzene rings is 2. The SMILES string of the molecule is N=C(OCc1ccc(Oc2ccc([N+](=O)[O-])cc2)cc1)C(Cl)(Cl)Cl. The summed E-state index contributed by atoms with van der Waals surface area (Å²) in [7, 11) is 0. The van der Waals surface area contributed by atoms with Gasteiger partial charge in [0.2, 0.25) is 5.90 Å². The van der Waals surface area contributed by atoms with E-state index < -0.39 is 14.6 Å². The Morgan fingerprint density at radius 3 is 2.00 bits per heavy atom. The summed E-state index contributed by atoms with van der Waals surface area (Å²) in [5.74, 6) is 0.561. The van der Waals surface area contributed by atoms with Gasteiger partial charge in [0.1, 0.15) is 18.1 Å². The fourth-order valence-electron chi connectivity index (χ4n) is 1.66. The van der Waals surface area contributed by atoms with Crippen LogP contribution in [0.25, 0.3) is 0 Å². The van der Waals surface area contributed by atoms with Crippen LogP contribution in [0.3, 0.4) is 0 Å². The minimum Gasteiger partial charge on any atom is -0.473 e. The van der Waals surface area contributed by atoms with E-state index in [2.05, 4.69) is 0 Å². The van der Waals surface area contributed by atoms with Crippen molar-refractivity contribution in [3.8, 4) is 11.5 Å². The smallest absolute Gasteiger partial charge is 0.269 e. The molecule has 0 saturated heterocycles. The highest BCUT2D eigenvalue weighted by Gasteiger charge is 2.28. The summed E-state index contributed by atoms with van der Waals surface area (Å²) in [6.45, 7) is 0.0740. The summed E-state index contributed by atoms with van der Waals surface area (Å²) in [5, 5.41) is 18.0. The first kappa shape index (κ1) is 18.3. The molecule has 126 valence electrons. The zero-order valence-electron chi connectivity index (χ0n) is 12.0. The molecule has 0 spiro atoms. The van der Waals surface area contributed by atoms with E-state index >= 15 is 0 Å². The monoisotopic (exact) mass is 388 g/mol. The zero-order chi connectivity index (χ0) is 17.7. The van der Waals surface area contributed by atoms with Crippen LogP contribution in [0.1, 0.15) is 5.56 Å². The average molecular weight is 390 g/mol. The van der Waals surface area contributed by atoms with Crippen molar-refractivity contribution in [2.24, 2.45) is 0 Å². The molecule has 24 heavy (non-hydrogen) atoms. The molecule has 0 bridgehead atoms. The predicted molar refractivity (Wildman–Crippen MR) is 92.4 cm³/mol. The van der Waals surface area contributed by atoms with Gasteiger partial charge in [0.15, 0.2) is 0 Å². The molecule has 0 unspecified atom stereocenters. The van der Waals surface area contributed by atoms with Gasteiger partial charge in [0, 0.05) is 12.1 Å². The first-order valence-corrected chi connectivity index (χ1v) is 7.69. The molecule has 6 nitrogen and oxygen atoms in total. The number of nitrogens with one attached hydrogen (secondary N) is 1. The van der Waals surface area contributed by atoms with Gasteiger partial charge in [-0.15, -0.1) is 0 Å². The summed E-state index contributed by atoms with van der Waals surface area (Å²) < 4.78 is 8.76. The second kappa shape index (κ2) is 7.70. The lowest BCUT2D eigenvalue weighted by molar-refractivity contribution is -0.384. The highest BCUT2D eigenvalue weighted by molar-refractivity contribution is 6.76. The van der Waals surface area contributed by atoms with Gasteiger partial charge in [-0.25, -0.2) is 0 Å². The Balaban J connectivity index is 1.94. The Labute approximate surface area is 152 Å². The number of alkyl halides is 3. The molecule has 2 rings (SSSR count). The molecule has 0 aliphatic heterocycles. The van der Waals surface area contributed by atoms with Crippen LogP contribution in [0.2, 0.25) is 0 Å². The predicted octanol–water partition coefficient (Wildman–Crippen LogP) is 5.25. The van der Waals surface area contributed by atoms with E-state index in [4.69, 9.17) is 49.7 Å². The molecule has 0 aliphatic rings. The number of hydrogen-bond donors (Lipinski definition) is 1. The summed E-state index contributed by atoms with van der Waals surface area (Å²) in [4.78, 5) is 10.1. The van der Waals surface area contributed by atoms with Gasteiger partial charge in [0.25, 0.3) is 9.48 Å². The highest BCUT2D eigenvalue weighted by Crippen LogP contribution is 2.28. The maximum absolute atomic E-state index is 10.6. The summed E-state index contributed by atoms with van der Waals surface area (Å²) in [6, 6.07) is 12.6. The van der Waals surface area contributed by atoms with Crippen molar-refractivity contribution >= 4 is 46.4 Å². The molecule has 0 fully saturated rings. The van der Waals surface area contributed by atoms with Crippen molar-refractivity contribution in [3.05, 3.63) is 64.2 Å². The molecule has 2 aromatic rings. The number of hydrogen-bond acceptors (Lipinski definition) is 5. The minimum atomic E-state index is -1.89. The number of halogens is 3. The van der Waals surface area contributed by atoms with Gasteiger partial charge in [0.05, 0.1) is 4.92 Å². The third-order valence-corrected chi connectivity index (χ3v) is 3.36. The van der Waals surface area contributed by atoms with Crippen LogP contribution in [0, 0.1) is 15.5 Å². The molecular formula is C15H11Cl3N2O4. The van der Waals surface area contributed by atoms with Gasteiger partial charge >= 0.3 is 0 Å². The Bertz CT molecular complexity index is 728. The summed E-state index contributed by atoms with van der Waals surface area (Å²) in [6.07, 6.45) is 0. The quantitative estimate of drug-likeness (QED) is 0.249. The largest absolute Gasteiger partial charge is 0.473 e.